The fourth-order valence-corrected chi connectivity index (χ4v) is 5.40. The van der Waals surface area contributed by atoms with E-state index < -0.39 is 0 Å². The number of ether oxygens (including phenoxy) is 1. The standard InChI is InChI=1S/C20H20IN3O2S/c1-26-20(16-4-2-3-5-17(16)21)6-8-24(9-7-20)19(25)14-10-18(27-13-14)15-11-22-23-12-15/h2-5,10-13H,6-9H2,1H3,(H,22,23). The average molecular weight is 493 g/mol. The van der Waals surface area contributed by atoms with Crippen molar-refractivity contribution >= 4 is 39.8 Å². The number of carbonyl (C=O) groups excluding carboxylic acids is 1. The molecule has 4 rings (SSSR count). The number of carbonyl (C=O) groups is 1. The zero-order valence-electron chi connectivity index (χ0n) is 14.9. The topological polar surface area (TPSA) is 58.2 Å². The molecule has 1 aliphatic heterocycles. The lowest BCUT2D eigenvalue weighted by molar-refractivity contribution is -0.0580. The smallest absolute Gasteiger partial charge is 0.254 e. The lowest BCUT2D eigenvalue weighted by Crippen LogP contribution is -2.46. The molecule has 0 atom stereocenters. The second-order valence-electron chi connectivity index (χ2n) is 6.66. The molecule has 0 aliphatic carbocycles. The first-order valence-electron chi connectivity index (χ1n) is 8.80. The van der Waals surface area contributed by atoms with Gasteiger partial charge in [0.2, 0.25) is 0 Å². The number of aromatic amines is 1. The third-order valence-corrected chi connectivity index (χ3v) is 7.16. The van der Waals surface area contributed by atoms with Crippen LogP contribution in [0.5, 0.6) is 0 Å². The number of rotatable bonds is 4. The van der Waals surface area contributed by atoms with Crippen LogP contribution in [0.15, 0.2) is 48.1 Å². The highest BCUT2D eigenvalue weighted by Gasteiger charge is 2.39. The van der Waals surface area contributed by atoms with Gasteiger partial charge in [-0.05, 0) is 53.1 Å². The Hall–Kier alpha value is -1.71. The highest BCUT2D eigenvalue weighted by Crippen LogP contribution is 2.39. The first-order valence-corrected chi connectivity index (χ1v) is 10.8. The van der Waals surface area contributed by atoms with Crippen LogP contribution in [0.1, 0.15) is 28.8 Å². The van der Waals surface area contributed by atoms with Gasteiger partial charge in [0.1, 0.15) is 0 Å². The van der Waals surface area contributed by atoms with Gasteiger partial charge in [-0.1, -0.05) is 18.2 Å². The minimum atomic E-state index is -0.314. The highest BCUT2D eigenvalue weighted by atomic mass is 127. The number of thiophene rings is 1. The van der Waals surface area contributed by atoms with Gasteiger partial charge in [0.05, 0.1) is 17.4 Å². The highest BCUT2D eigenvalue weighted by molar-refractivity contribution is 14.1. The van der Waals surface area contributed by atoms with Gasteiger partial charge in [-0.25, -0.2) is 0 Å². The largest absolute Gasteiger partial charge is 0.373 e. The summed E-state index contributed by atoms with van der Waals surface area (Å²) in [6, 6.07) is 10.3. The molecule has 5 nitrogen and oxygen atoms in total. The predicted molar refractivity (Wildman–Crippen MR) is 115 cm³/mol. The van der Waals surface area contributed by atoms with E-state index in [-0.39, 0.29) is 11.5 Å². The average Bonchev–Trinajstić information content (AvgIpc) is 3.39. The number of nitrogens with zero attached hydrogens (tertiary/aromatic N) is 2. The quantitative estimate of drug-likeness (QED) is 0.544. The van der Waals surface area contributed by atoms with Crippen LogP contribution in [0.3, 0.4) is 0 Å². The van der Waals surface area contributed by atoms with Gasteiger partial charge in [-0.15, -0.1) is 11.3 Å². The van der Waals surface area contributed by atoms with Gasteiger partial charge in [-0.3, -0.25) is 9.89 Å². The van der Waals surface area contributed by atoms with E-state index in [0.29, 0.717) is 13.1 Å². The summed E-state index contributed by atoms with van der Waals surface area (Å²) in [5.41, 5.74) is 2.66. The molecule has 1 aromatic carbocycles. The molecule has 140 valence electrons. The Morgan fingerprint density at radius 1 is 1.33 bits per heavy atom. The molecule has 2 aromatic heterocycles. The lowest BCUT2D eigenvalue weighted by Gasteiger charge is -2.41. The molecule has 1 amide bonds. The Bertz CT molecular complexity index is 930. The van der Waals surface area contributed by atoms with Gasteiger partial charge in [0, 0.05) is 45.8 Å². The number of aromatic nitrogens is 2. The molecular weight excluding hydrogens is 473 g/mol. The third kappa shape index (κ3) is 3.55. The van der Waals surface area contributed by atoms with Crippen LogP contribution in [-0.4, -0.2) is 41.2 Å². The zero-order chi connectivity index (χ0) is 18.9. The maximum absolute atomic E-state index is 13.0. The van der Waals surface area contributed by atoms with Crippen molar-refractivity contribution < 1.29 is 9.53 Å². The molecule has 27 heavy (non-hydrogen) atoms. The normalized spacial score (nSPS) is 16.4. The van der Waals surface area contributed by atoms with Crippen LogP contribution < -0.4 is 0 Å². The molecule has 0 radical (unpaired) electrons. The van der Waals surface area contributed by atoms with E-state index in [0.717, 1.165) is 28.8 Å². The number of hydrogen-bond acceptors (Lipinski definition) is 4. The summed E-state index contributed by atoms with van der Waals surface area (Å²) in [6.45, 7) is 1.38. The summed E-state index contributed by atoms with van der Waals surface area (Å²) in [6.07, 6.45) is 5.22. The molecule has 0 spiro atoms. The molecule has 0 unspecified atom stereocenters. The minimum Gasteiger partial charge on any atom is -0.373 e. The maximum Gasteiger partial charge on any atom is 0.254 e. The van der Waals surface area contributed by atoms with E-state index in [1.54, 1.807) is 24.6 Å². The fraction of sp³-hybridized carbons (Fsp3) is 0.300. The van der Waals surface area contributed by atoms with Crippen molar-refractivity contribution in [2.45, 2.75) is 18.4 Å². The van der Waals surface area contributed by atoms with Crippen molar-refractivity contribution in [1.29, 1.82) is 0 Å². The molecule has 1 fully saturated rings. The number of benzene rings is 1. The summed E-state index contributed by atoms with van der Waals surface area (Å²) in [4.78, 5) is 15.9. The van der Waals surface area contributed by atoms with Crippen molar-refractivity contribution in [2.75, 3.05) is 20.2 Å². The molecule has 7 heteroatoms. The van der Waals surface area contributed by atoms with Crippen LogP contribution >= 0.6 is 33.9 Å². The van der Waals surface area contributed by atoms with Crippen molar-refractivity contribution in [3.05, 3.63) is 62.8 Å². The molecule has 3 aromatic rings. The van der Waals surface area contributed by atoms with E-state index in [1.165, 1.54) is 9.13 Å². The Morgan fingerprint density at radius 3 is 2.78 bits per heavy atom. The second-order valence-corrected chi connectivity index (χ2v) is 8.73. The van der Waals surface area contributed by atoms with E-state index in [4.69, 9.17) is 4.74 Å². The predicted octanol–water partition coefficient (Wildman–Crippen LogP) is 4.52. The number of H-pyrrole nitrogens is 1. The Morgan fingerprint density at radius 2 is 2.11 bits per heavy atom. The lowest BCUT2D eigenvalue weighted by atomic mass is 9.84. The summed E-state index contributed by atoms with van der Waals surface area (Å²) >= 11 is 3.93. The first kappa shape index (κ1) is 18.6. The van der Waals surface area contributed by atoms with Crippen LogP contribution in [0.2, 0.25) is 0 Å². The molecule has 0 bridgehead atoms. The molecular formula is C20H20IN3O2S. The Kier molecular flexibility index (Phi) is 5.34. The summed E-state index contributed by atoms with van der Waals surface area (Å²) in [7, 11) is 1.77. The number of hydrogen-bond donors (Lipinski definition) is 1. The molecule has 1 aliphatic rings. The van der Waals surface area contributed by atoms with Gasteiger partial charge in [0.15, 0.2) is 0 Å². The Balaban J connectivity index is 1.49. The fourth-order valence-electron chi connectivity index (χ4n) is 3.65. The van der Waals surface area contributed by atoms with E-state index in [9.17, 15) is 4.79 Å². The van der Waals surface area contributed by atoms with Crippen LogP contribution in [-0.2, 0) is 10.3 Å². The van der Waals surface area contributed by atoms with Crippen molar-refractivity contribution in [3.8, 4) is 10.4 Å². The van der Waals surface area contributed by atoms with Crippen LogP contribution in [0.25, 0.3) is 10.4 Å². The molecule has 3 heterocycles. The van der Waals surface area contributed by atoms with Gasteiger partial charge in [-0.2, -0.15) is 5.10 Å². The van der Waals surface area contributed by atoms with Gasteiger partial charge in [0.25, 0.3) is 5.91 Å². The number of piperidine rings is 1. The van der Waals surface area contributed by atoms with E-state index >= 15 is 0 Å². The van der Waals surface area contributed by atoms with E-state index in [2.05, 4.69) is 51.0 Å². The van der Waals surface area contributed by atoms with Crippen molar-refractivity contribution in [3.63, 3.8) is 0 Å². The monoisotopic (exact) mass is 493 g/mol. The Labute approximate surface area is 175 Å². The number of methoxy groups -OCH3 is 1. The molecule has 1 N–H and O–H groups in total. The summed E-state index contributed by atoms with van der Waals surface area (Å²) < 4.78 is 7.19. The first-order chi connectivity index (χ1) is 13.1. The van der Waals surface area contributed by atoms with Crippen LogP contribution in [0.4, 0.5) is 0 Å². The number of likely N-dealkylation sites (tertiary alicyclic amines) is 1. The molecule has 1 saturated heterocycles. The summed E-state index contributed by atoms with van der Waals surface area (Å²) in [5.74, 6) is 0.0912. The number of amides is 1. The third-order valence-electron chi connectivity index (χ3n) is 5.24. The van der Waals surface area contributed by atoms with Crippen LogP contribution in [0, 0.1) is 3.57 Å². The molecule has 0 saturated carbocycles. The number of halogens is 1. The van der Waals surface area contributed by atoms with Gasteiger partial charge < -0.3 is 9.64 Å². The number of nitrogens with one attached hydrogen (secondary N) is 1. The SMILES string of the molecule is COC1(c2ccccc2I)CCN(C(=O)c2csc(-c3cn[nH]c3)c2)CC1. The summed E-state index contributed by atoms with van der Waals surface area (Å²) in [5, 5.41) is 8.72. The van der Waals surface area contributed by atoms with E-state index in [1.807, 2.05) is 28.6 Å². The van der Waals surface area contributed by atoms with Gasteiger partial charge >= 0.3 is 0 Å². The zero-order valence-corrected chi connectivity index (χ0v) is 17.9. The minimum absolute atomic E-state index is 0.0912. The van der Waals surface area contributed by atoms with Crippen molar-refractivity contribution in [1.82, 2.24) is 15.1 Å². The maximum atomic E-state index is 13.0. The van der Waals surface area contributed by atoms with Crippen molar-refractivity contribution in [2.24, 2.45) is 0 Å². The second kappa shape index (κ2) is 7.73.